The molecule has 0 aliphatic rings. The van der Waals surface area contributed by atoms with Crippen molar-refractivity contribution < 1.29 is 13.6 Å². The first-order valence-corrected chi connectivity index (χ1v) is 9.63. The van der Waals surface area contributed by atoms with Crippen LogP contribution in [-0.4, -0.2) is 10.9 Å². The highest BCUT2D eigenvalue weighted by Gasteiger charge is 2.16. The van der Waals surface area contributed by atoms with E-state index < -0.39 is 11.7 Å². The number of rotatable bonds is 5. The lowest BCUT2D eigenvalue weighted by Crippen LogP contribution is -2.10. The third kappa shape index (κ3) is 4.13. The number of nitrogens with zero attached hydrogens (tertiary/aromatic N) is 1. The van der Waals surface area contributed by atoms with Crippen LogP contribution in [0.15, 0.2) is 71.3 Å². The standard InChI is InChI=1S/C21H14ClFN2O2S/c22-14-7-5-13(6-8-14)11-15-12-24-21(28-15)25-20(26)19-10-9-18(27-19)16-3-1-2-4-17(16)23/h1-10,12H,11H2,(H,24,25,26). The fourth-order valence-electron chi connectivity index (χ4n) is 2.67. The van der Waals surface area contributed by atoms with E-state index in [1.165, 1.54) is 23.5 Å². The Morgan fingerprint density at radius 1 is 1.11 bits per heavy atom. The summed E-state index contributed by atoms with van der Waals surface area (Å²) in [5.41, 5.74) is 1.41. The van der Waals surface area contributed by atoms with Gasteiger partial charge in [-0.15, -0.1) is 11.3 Å². The Morgan fingerprint density at radius 3 is 2.68 bits per heavy atom. The van der Waals surface area contributed by atoms with Gasteiger partial charge in [0.25, 0.3) is 5.91 Å². The van der Waals surface area contributed by atoms with Gasteiger partial charge in [0.05, 0.1) is 5.56 Å². The maximum atomic E-state index is 13.9. The van der Waals surface area contributed by atoms with E-state index in [1.54, 1.807) is 30.5 Å². The average Bonchev–Trinajstić information content (AvgIpc) is 3.34. The molecule has 28 heavy (non-hydrogen) atoms. The van der Waals surface area contributed by atoms with Crippen molar-refractivity contribution in [1.82, 2.24) is 4.98 Å². The molecule has 0 aliphatic carbocycles. The van der Waals surface area contributed by atoms with Gasteiger partial charge < -0.3 is 4.42 Å². The molecule has 7 heteroatoms. The Kier molecular flexibility index (Phi) is 5.23. The SMILES string of the molecule is O=C(Nc1ncc(Cc2ccc(Cl)cc2)s1)c1ccc(-c2ccccc2F)o1. The molecule has 0 radical (unpaired) electrons. The molecule has 140 valence electrons. The molecule has 0 bridgehead atoms. The summed E-state index contributed by atoms with van der Waals surface area (Å²) in [5.74, 6) is -0.455. The number of hydrogen-bond donors (Lipinski definition) is 1. The third-order valence-electron chi connectivity index (χ3n) is 4.03. The van der Waals surface area contributed by atoms with Crippen LogP contribution in [0.2, 0.25) is 5.02 Å². The molecular formula is C21H14ClFN2O2S. The summed E-state index contributed by atoms with van der Waals surface area (Å²) in [7, 11) is 0. The van der Waals surface area contributed by atoms with Gasteiger partial charge in [-0.3, -0.25) is 10.1 Å². The summed E-state index contributed by atoms with van der Waals surface area (Å²) in [6.07, 6.45) is 2.42. The van der Waals surface area contributed by atoms with Crippen LogP contribution in [-0.2, 0) is 6.42 Å². The minimum absolute atomic E-state index is 0.0905. The zero-order chi connectivity index (χ0) is 19.5. The summed E-state index contributed by atoms with van der Waals surface area (Å²) < 4.78 is 19.4. The monoisotopic (exact) mass is 412 g/mol. The predicted octanol–water partition coefficient (Wildman–Crippen LogP) is 6.04. The number of hydrogen-bond acceptors (Lipinski definition) is 4. The molecular weight excluding hydrogens is 399 g/mol. The van der Waals surface area contributed by atoms with E-state index in [-0.39, 0.29) is 5.76 Å². The molecule has 0 saturated carbocycles. The van der Waals surface area contributed by atoms with Crippen molar-refractivity contribution in [1.29, 1.82) is 0 Å². The largest absolute Gasteiger partial charge is 0.451 e. The molecule has 2 aromatic carbocycles. The minimum atomic E-state index is -0.435. The molecule has 0 fully saturated rings. The molecule has 0 aliphatic heterocycles. The summed E-state index contributed by atoms with van der Waals surface area (Å²) in [5, 5.41) is 3.87. The highest BCUT2D eigenvalue weighted by atomic mass is 35.5. The number of benzene rings is 2. The molecule has 1 N–H and O–H groups in total. The molecule has 2 heterocycles. The van der Waals surface area contributed by atoms with Crippen LogP contribution in [0.3, 0.4) is 0 Å². The van der Waals surface area contributed by atoms with E-state index >= 15 is 0 Å². The maximum Gasteiger partial charge on any atom is 0.293 e. The van der Waals surface area contributed by atoms with E-state index in [0.29, 0.717) is 27.9 Å². The molecule has 0 unspecified atom stereocenters. The second-order valence-electron chi connectivity index (χ2n) is 6.03. The van der Waals surface area contributed by atoms with E-state index in [1.807, 2.05) is 24.3 Å². The predicted molar refractivity (Wildman–Crippen MR) is 108 cm³/mol. The van der Waals surface area contributed by atoms with Gasteiger partial charge in [-0.05, 0) is 42.0 Å². The molecule has 0 saturated heterocycles. The Balaban J connectivity index is 1.44. The first kappa shape index (κ1) is 18.4. The van der Waals surface area contributed by atoms with Crippen molar-refractivity contribution in [2.45, 2.75) is 6.42 Å². The van der Waals surface area contributed by atoms with Crippen LogP contribution in [0.5, 0.6) is 0 Å². The fourth-order valence-corrected chi connectivity index (χ4v) is 3.64. The number of anilines is 1. The smallest absolute Gasteiger partial charge is 0.293 e. The van der Waals surface area contributed by atoms with Crippen molar-refractivity contribution in [3.63, 3.8) is 0 Å². The number of thiazole rings is 1. The van der Waals surface area contributed by atoms with Crippen LogP contribution in [0.1, 0.15) is 21.0 Å². The van der Waals surface area contributed by atoms with Gasteiger partial charge in [-0.2, -0.15) is 0 Å². The topological polar surface area (TPSA) is 55.1 Å². The van der Waals surface area contributed by atoms with Crippen LogP contribution in [0.4, 0.5) is 9.52 Å². The van der Waals surface area contributed by atoms with Crippen molar-refractivity contribution in [3.8, 4) is 11.3 Å². The van der Waals surface area contributed by atoms with E-state index in [2.05, 4.69) is 10.3 Å². The summed E-state index contributed by atoms with van der Waals surface area (Å²) >= 11 is 7.28. The molecule has 0 spiro atoms. The van der Waals surface area contributed by atoms with Gasteiger partial charge >= 0.3 is 0 Å². The number of carbonyl (C=O) groups excluding carboxylic acids is 1. The van der Waals surface area contributed by atoms with E-state index in [9.17, 15) is 9.18 Å². The number of amides is 1. The number of furan rings is 1. The van der Waals surface area contributed by atoms with Crippen LogP contribution < -0.4 is 5.32 Å². The van der Waals surface area contributed by atoms with Crippen LogP contribution in [0.25, 0.3) is 11.3 Å². The number of halogens is 2. The minimum Gasteiger partial charge on any atom is -0.451 e. The normalized spacial score (nSPS) is 10.8. The summed E-state index contributed by atoms with van der Waals surface area (Å²) in [6.45, 7) is 0. The van der Waals surface area contributed by atoms with Gasteiger partial charge in [0.2, 0.25) is 0 Å². The molecule has 1 amide bonds. The number of aromatic nitrogens is 1. The number of carbonyl (C=O) groups is 1. The number of nitrogens with one attached hydrogen (secondary N) is 1. The second-order valence-corrected chi connectivity index (χ2v) is 7.58. The van der Waals surface area contributed by atoms with Crippen molar-refractivity contribution in [3.05, 3.63) is 93.9 Å². The Labute approximate surface area is 169 Å². The zero-order valence-corrected chi connectivity index (χ0v) is 16.1. The van der Waals surface area contributed by atoms with Crippen LogP contribution >= 0.6 is 22.9 Å². The van der Waals surface area contributed by atoms with Gasteiger partial charge in [-0.1, -0.05) is 35.9 Å². The highest BCUT2D eigenvalue weighted by Crippen LogP contribution is 2.26. The maximum absolute atomic E-state index is 13.9. The first-order valence-electron chi connectivity index (χ1n) is 8.44. The Morgan fingerprint density at radius 2 is 1.89 bits per heavy atom. The van der Waals surface area contributed by atoms with Gasteiger partial charge in [0, 0.05) is 22.5 Å². The zero-order valence-electron chi connectivity index (χ0n) is 14.5. The summed E-state index contributed by atoms with van der Waals surface area (Å²) in [4.78, 5) is 17.6. The first-order chi connectivity index (χ1) is 13.6. The molecule has 4 rings (SSSR count). The lowest BCUT2D eigenvalue weighted by Gasteiger charge is -2.00. The Hall–Kier alpha value is -2.96. The quantitative estimate of drug-likeness (QED) is 0.434. The lowest BCUT2D eigenvalue weighted by atomic mass is 10.1. The average molecular weight is 413 g/mol. The second kappa shape index (κ2) is 7.96. The highest BCUT2D eigenvalue weighted by molar-refractivity contribution is 7.15. The van der Waals surface area contributed by atoms with E-state index in [4.69, 9.17) is 16.0 Å². The van der Waals surface area contributed by atoms with Crippen molar-refractivity contribution in [2.75, 3.05) is 5.32 Å². The third-order valence-corrected chi connectivity index (χ3v) is 5.20. The van der Waals surface area contributed by atoms with Gasteiger partial charge in [0.15, 0.2) is 10.9 Å². The van der Waals surface area contributed by atoms with Gasteiger partial charge in [-0.25, -0.2) is 9.37 Å². The molecule has 4 nitrogen and oxygen atoms in total. The van der Waals surface area contributed by atoms with E-state index in [0.717, 1.165) is 10.4 Å². The van der Waals surface area contributed by atoms with Crippen molar-refractivity contribution in [2.24, 2.45) is 0 Å². The van der Waals surface area contributed by atoms with Crippen molar-refractivity contribution >= 4 is 34.0 Å². The fraction of sp³-hybridized carbons (Fsp3) is 0.0476. The lowest BCUT2D eigenvalue weighted by molar-refractivity contribution is 0.0997. The molecule has 4 aromatic rings. The summed E-state index contributed by atoms with van der Waals surface area (Å²) in [6, 6.07) is 16.9. The molecule has 2 aromatic heterocycles. The molecule has 0 atom stereocenters. The van der Waals surface area contributed by atoms with Crippen LogP contribution in [0, 0.1) is 5.82 Å². The Bertz CT molecular complexity index is 1120. The van der Waals surface area contributed by atoms with Gasteiger partial charge in [0.1, 0.15) is 11.6 Å².